The number of rotatable bonds is 5. The number of ether oxygens (including phenoxy) is 3. The molecular weight excluding hydrogens is 310 g/mol. The van der Waals surface area contributed by atoms with Gasteiger partial charge in [0.15, 0.2) is 11.7 Å². The highest BCUT2D eigenvalue weighted by atomic mass is 16.6. The molecule has 1 unspecified atom stereocenters. The molecule has 1 heterocycles. The van der Waals surface area contributed by atoms with E-state index in [4.69, 9.17) is 18.6 Å². The van der Waals surface area contributed by atoms with E-state index in [0.29, 0.717) is 28.5 Å². The van der Waals surface area contributed by atoms with Gasteiger partial charge >= 0.3 is 5.97 Å². The number of hydrogen-bond donors (Lipinski definition) is 0. The summed E-state index contributed by atoms with van der Waals surface area (Å²) in [6, 6.07) is 12.3. The second kappa shape index (κ2) is 6.62. The van der Waals surface area contributed by atoms with Crippen molar-refractivity contribution in [3.05, 3.63) is 53.9 Å². The van der Waals surface area contributed by atoms with Crippen molar-refractivity contribution in [2.24, 2.45) is 0 Å². The van der Waals surface area contributed by atoms with E-state index in [2.05, 4.69) is 4.98 Å². The first-order valence-electron chi connectivity index (χ1n) is 7.41. The lowest BCUT2D eigenvalue weighted by Crippen LogP contribution is -2.11. The Morgan fingerprint density at radius 2 is 1.92 bits per heavy atom. The number of oxazole rings is 1. The van der Waals surface area contributed by atoms with E-state index in [-0.39, 0.29) is 0 Å². The number of hydrogen-bond acceptors (Lipinski definition) is 6. The highest BCUT2D eigenvalue weighted by molar-refractivity contribution is 5.93. The van der Waals surface area contributed by atoms with Gasteiger partial charge in [-0.25, -0.2) is 9.78 Å². The summed E-state index contributed by atoms with van der Waals surface area (Å²) in [4.78, 5) is 16.7. The SMILES string of the molecule is COc1ccc(C(=O)OC(C)c2nc3ccccc3o2)c(OC)c1. The molecule has 0 fully saturated rings. The van der Waals surface area contributed by atoms with Crippen LogP contribution >= 0.6 is 0 Å². The molecule has 1 atom stereocenters. The van der Waals surface area contributed by atoms with Crippen molar-refractivity contribution in [2.75, 3.05) is 14.2 Å². The van der Waals surface area contributed by atoms with Crippen molar-refractivity contribution in [3.8, 4) is 11.5 Å². The second-order valence-corrected chi connectivity index (χ2v) is 5.13. The molecule has 124 valence electrons. The van der Waals surface area contributed by atoms with Crippen molar-refractivity contribution in [2.45, 2.75) is 13.0 Å². The summed E-state index contributed by atoms with van der Waals surface area (Å²) in [5, 5.41) is 0. The number of esters is 1. The normalized spacial score (nSPS) is 12.0. The number of nitrogens with zero attached hydrogens (tertiary/aromatic N) is 1. The summed E-state index contributed by atoms with van der Waals surface area (Å²) in [7, 11) is 3.03. The molecule has 0 bridgehead atoms. The number of carbonyl (C=O) groups is 1. The Morgan fingerprint density at radius 3 is 2.62 bits per heavy atom. The predicted molar refractivity (Wildman–Crippen MR) is 87.4 cm³/mol. The number of methoxy groups -OCH3 is 2. The quantitative estimate of drug-likeness (QED) is 0.664. The first kappa shape index (κ1) is 15.9. The van der Waals surface area contributed by atoms with Gasteiger partial charge in [-0.1, -0.05) is 12.1 Å². The molecule has 0 aliphatic carbocycles. The zero-order valence-electron chi connectivity index (χ0n) is 13.6. The number of para-hydroxylation sites is 2. The molecule has 0 saturated carbocycles. The fourth-order valence-corrected chi connectivity index (χ4v) is 2.31. The summed E-state index contributed by atoms with van der Waals surface area (Å²) in [5.74, 6) is 0.792. The van der Waals surface area contributed by atoms with E-state index in [9.17, 15) is 4.79 Å². The Balaban J connectivity index is 1.81. The molecule has 6 nitrogen and oxygen atoms in total. The lowest BCUT2D eigenvalue weighted by Gasteiger charge is -2.13. The van der Waals surface area contributed by atoms with Gasteiger partial charge < -0.3 is 18.6 Å². The van der Waals surface area contributed by atoms with E-state index in [1.54, 1.807) is 32.2 Å². The van der Waals surface area contributed by atoms with Crippen LogP contribution in [0.3, 0.4) is 0 Å². The summed E-state index contributed by atoms with van der Waals surface area (Å²) < 4.78 is 21.4. The number of fused-ring (bicyclic) bond motifs is 1. The Morgan fingerprint density at radius 1 is 1.12 bits per heavy atom. The molecule has 3 rings (SSSR count). The topological polar surface area (TPSA) is 70.8 Å². The minimum absolute atomic E-state index is 0.307. The van der Waals surface area contributed by atoms with E-state index < -0.39 is 12.1 Å². The molecule has 0 spiro atoms. The standard InChI is InChI=1S/C18H17NO5/c1-11(17-19-14-6-4-5-7-15(14)24-17)23-18(20)13-9-8-12(21-2)10-16(13)22-3/h4-11H,1-3H3. The van der Waals surface area contributed by atoms with E-state index in [1.165, 1.54) is 7.11 Å². The van der Waals surface area contributed by atoms with Gasteiger partial charge in [-0.05, 0) is 31.2 Å². The van der Waals surface area contributed by atoms with Gasteiger partial charge in [-0.3, -0.25) is 0 Å². The Labute approximate surface area is 139 Å². The van der Waals surface area contributed by atoms with Crippen molar-refractivity contribution >= 4 is 17.1 Å². The van der Waals surface area contributed by atoms with Crippen LogP contribution in [0.15, 0.2) is 46.9 Å². The third-order valence-corrected chi connectivity index (χ3v) is 3.57. The van der Waals surface area contributed by atoms with Gasteiger partial charge in [0.1, 0.15) is 22.6 Å². The monoisotopic (exact) mass is 327 g/mol. The van der Waals surface area contributed by atoms with Gasteiger partial charge in [-0.2, -0.15) is 0 Å². The minimum Gasteiger partial charge on any atom is -0.497 e. The number of carbonyl (C=O) groups excluding carboxylic acids is 1. The zero-order valence-corrected chi connectivity index (χ0v) is 13.6. The largest absolute Gasteiger partial charge is 0.497 e. The summed E-state index contributed by atoms with van der Waals surface area (Å²) in [6.45, 7) is 1.71. The molecule has 0 radical (unpaired) electrons. The van der Waals surface area contributed by atoms with Crippen LogP contribution in [0.2, 0.25) is 0 Å². The van der Waals surface area contributed by atoms with Gasteiger partial charge in [0, 0.05) is 6.07 Å². The molecule has 0 aliphatic heterocycles. The lowest BCUT2D eigenvalue weighted by atomic mass is 10.2. The summed E-state index contributed by atoms with van der Waals surface area (Å²) in [5.41, 5.74) is 1.68. The molecule has 3 aromatic rings. The molecule has 0 amide bonds. The lowest BCUT2D eigenvalue weighted by molar-refractivity contribution is 0.0279. The molecule has 2 aromatic carbocycles. The van der Waals surface area contributed by atoms with Gasteiger partial charge in [0.05, 0.1) is 14.2 Å². The first-order valence-corrected chi connectivity index (χ1v) is 7.41. The van der Waals surface area contributed by atoms with Crippen molar-refractivity contribution in [1.82, 2.24) is 4.98 Å². The summed E-state index contributed by atoms with van der Waals surface area (Å²) in [6.07, 6.45) is -0.628. The molecule has 1 aromatic heterocycles. The van der Waals surface area contributed by atoms with Crippen molar-refractivity contribution in [1.29, 1.82) is 0 Å². The van der Waals surface area contributed by atoms with E-state index >= 15 is 0 Å². The predicted octanol–water partition coefficient (Wildman–Crippen LogP) is 3.76. The van der Waals surface area contributed by atoms with Crippen LogP contribution in [-0.2, 0) is 4.74 Å². The highest BCUT2D eigenvalue weighted by Gasteiger charge is 2.21. The molecule has 6 heteroatoms. The molecule has 0 N–H and O–H groups in total. The fourth-order valence-electron chi connectivity index (χ4n) is 2.31. The third-order valence-electron chi connectivity index (χ3n) is 3.57. The number of aromatic nitrogens is 1. The maximum Gasteiger partial charge on any atom is 0.342 e. The average Bonchev–Trinajstić information content (AvgIpc) is 3.05. The van der Waals surface area contributed by atoms with Crippen LogP contribution in [0.25, 0.3) is 11.1 Å². The average molecular weight is 327 g/mol. The van der Waals surface area contributed by atoms with Crippen LogP contribution in [0, 0.1) is 0 Å². The van der Waals surface area contributed by atoms with Crippen LogP contribution in [0.4, 0.5) is 0 Å². The van der Waals surface area contributed by atoms with Crippen LogP contribution in [-0.4, -0.2) is 25.2 Å². The maximum absolute atomic E-state index is 12.4. The zero-order chi connectivity index (χ0) is 17.1. The van der Waals surface area contributed by atoms with Crippen LogP contribution in [0.1, 0.15) is 29.3 Å². The van der Waals surface area contributed by atoms with Crippen molar-refractivity contribution in [3.63, 3.8) is 0 Å². The van der Waals surface area contributed by atoms with Gasteiger partial charge in [0.25, 0.3) is 0 Å². The number of benzene rings is 2. The molecule has 0 saturated heterocycles. The van der Waals surface area contributed by atoms with Gasteiger partial charge in [0.2, 0.25) is 5.89 Å². The molecule has 0 aliphatic rings. The Hall–Kier alpha value is -3.02. The van der Waals surface area contributed by atoms with Crippen molar-refractivity contribution < 1.29 is 23.4 Å². The van der Waals surface area contributed by atoms with Crippen LogP contribution < -0.4 is 9.47 Å². The smallest absolute Gasteiger partial charge is 0.342 e. The Bertz CT molecular complexity index is 838. The summed E-state index contributed by atoms with van der Waals surface area (Å²) >= 11 is 0. The van der Waals surface area contributed by atoms with E-state index in [0.717, 1.165) is 5.52 Å². The molecule has 24 heavy (non-hydrogen) atoms. The first-order chi connectivity index (χ1) is 11.6. The maximum atomic E-state index is 12.4. The van der Waals surface area contributed by atoms with Gasteiger partial charge in [-0.15, -0.1) is 0 Å². The van der Waals surface area contributed by atoms with E-state index in [1.807, 2.05) is 24.3 Å². The molecular formula is C18H17NO5. The fraction of sp³-hybridized carbons (Fsp3) is 0.222. The highest BCUT2D eigenvalue weighted by Crippen LogP contribution is 2.28. The second-order valence-electron chi connectivity index (χ2n) is 5.13. The third kappa shape index (κ3) is 3.03. The Kier molecular flexibility index (Phi) is 4.37. The minimum atomic E-state index is -0.628. The van der Waals surface area contributed by atoms with Crippen LogP contribution in [0.5, 0.6) is 11.5 Å².